The second-order valence-electron chi connectivity index (χ2n) is 15.0. The number of rotatable bonds is 17. The predicted molar refractivity (Wildman–Crippen MR) is 215 cm³/mol. The van der Waals surface area contributed by atoms with Crippen molar-refractivity contribution in [1.82, 2.24) is 0 Å². The average Bonchev–Trinajstić information content (AvgIpc) is 3.27. The standard InChI is InChI=1S/C47H52O12/c1-31(48)32(2)55-47-42(59-45(51)37-26-16-7-17-27-37)41(56-38(28-33-18-8-3-9-19-33)46(52)53-29-34-20-10-4-11-21-34)40(58-44(50)36-24-14-6-15-25-36)39(57-47)30-54-43(49)35-22-12-5-13-23-35/h4-7,10-17,20-27,31-33,38-42,47-48H,3,8-9,18-19,28-30H2,1-2H3/t31-,32-,38+,39-,40+,41+,42-,47-/m1/s1. The maximum atomic E-state index is 14.2. The highest BCUT2D eigenvalue weighted by atomic mass is 16.7. The lowest BCUT2D eigenvalue weighted by Gasteiger charge is -2.46. The maximum Gasteiger partial charge on any atom is 0.338 e. The van der Waals surface area contributed by atoms with E-state index >= 15 is 0 Å². The largest absolute Gasteiger partial charge is 0.459 e. The lowest BCUT2D eigenvalue weighted by atomic mass is 9.85. The van der Waals surface area contributed by atoms with E-state index in [1.165, 1.54) is 6.92 Å². The van der Waals surface area contributed by atoms with Crippen LogP contribution in [0, 0.1) is 5.92 Å². The molecule has 0 bridgehead atoms. The van der Waals surface area contributed by atoms with Crippen LogP contribution in [0.4, 0.5) is 0 Å². The Labute approximate surface area is 344 Å². The zero-order valence-corrected chi connectivity index (χ0v) is 33.3. The van der Waals surface area contributed by atoms with Crippen molar-refractivity contribution in [3.8, 4) is 0 Å². The molecule has 1 saturated carbocycles. The molecule has 0 aromatic heterocycles. The van der Waals surface area contributed by atoms with E-state index in [2.05, 4.69) is 0 Å². The Balaban J connectivity index is 1.42. The third-order valence-electron chi connectivity index (χ3n) is 10.6. The number of hydrogen-bond donors (Lipinski definition) is 1. The van der Waals surface area contributed by atoms with Crippen molar-refractivity contribution in [3.05, 3.63) is 144 Å². The second kappa shape index (κ2) is 21.6. The summed E-state index contributed by atoms with van der Waals surface area (Å²) in [6.45, 7) is 2.65. The van der Waals surface area contributed by atoms with E-state index in [0.717, 1.165) is 37.7 Å². The van der Waals surface area contributed by atoms with Crippen LogP contribution in [0.25, 0.3) is 0 Å². The number of ether oxygens (including phenoxy) is 7. The molecule has 0 amide bonds. The molecule has 2 fully saturated rings. The Morgan fingerprint density at radius 3 is 1.68 bits per heavy atom. The average molecular weight is 809 g/mol. The fraction of sp³-hybridized carbons (Fsp3) is 0.404. The molecule has 312 valence electrons. The molecule has 59 heavy (non-hydrogen) atoms. The first kappa shape index (κ1) is 43.2. The van der Waals surface area contributed by atoms with Crippen molar-refractivity contribution in [2.24, 2.45) is 5.92 Å². The van der Waals surface area contributed by atoms with Gasteiger partial charge in [0.1, 0.15) is 25.4 Å². The highest BCUT2D eigenvalue weighted by Gasteiger charge is 2.54. The third-order valence-corrected chi connectivity index (χ3v) is 10.6. The topological polar surface area (TPSA) is 153 Å². The molecule has 1 N–H and O–H groups in total. The SMILES string of the molecule is C[C@@H](O)[C@@H](C)O[C@@H]1O[C@H](COC(=O)c2ccccc2)[C@H](OC(=O)c2ccccc2)[C@H](O[C@@H](CC2CCCCC2)C(=O)OCc2ccccc2)[C@H]1OC(=O)c1ccccc1. The van der Waals surface area contributed by atoms with Crippen LogP contribution in [-0.2, 0) is 44.6 Å². The summed E-state index contributed by atoms with van der Waals surface area (Å²) in [7, 11) is 0. The summed E-state index contributed by atoms with van der Waals surface area (Å²) >= 11 is 0. The molecule has 12 heteroatoms. The Kier molecular flexibility index (Phi) is 15.8. The van der Waals surface area contributed by atoms with Crippen molar-refractivity contribution in [1.29, 1.82) is 0 Å². The third kappa shape index (κ3) is 12.3. The molecule has 0 spiro atoms. The molecule has 2 aliphatic rings. The first-order valence-electron chi connectivity index (χ1n) is 20.3. The van der Waals surface area contributed by atoms with E-state index in [1.807, 2.05) is 30.3 Å². The number of hydrogen-bond acceptors (Lipinski definition) is 12. The molecule has 0 radical (unpaired) electrons. The summed E-state index contributed by atoms with van der Waals surface area (Å²) in [5.41, 5.74) is 1.44. The Morgan fingerprint density at radius 1 is 0.627 bits per heavy atom. The normalized spacial score (nSPS) is 22.3. The van der Waals surface area contributed by atoms with Gasteiger partial charge >= 0.3 is 23.9 Å². The molecule has 4 aromatic carbocycles. The van der Waals surface area contributed by atoms with Crippen LogP contribution >= 0.6 is 0 Å². The highest BCUT2D eigenvalue weighted by molar-refractivity contribution is 5.90. The van der Waals surface area contributed by atoms with Gasteiger partial charge in [-0.1, -0.05) is 117 Å². The molecular formula is C47H52O12. The molecule has 1 aliphatic carbocycles. The van der Waals surface area contributed by atoms with Gasteiger partial charge in [0.15, 0.2) is 24.6 Å². The summed E-state index contributed by atoms with van der Waals surface area (Å²) in [5.74, 6) is -2.77. The monoisotopic (exact) mass is 808 g/mol. The lowest BCUT2D eigenvalue weighted by molar-refractivity contribution is -0.322. The predicted octanol–water partition coefficient (Wildman–Crippen LogP) is 7.27. The van der Waals surface area contributed by atoms with E-state index in [1.54, 1.807) is 97.9 Å². The Bertz CT molecular complexity index is 1920. The zero-order chi connectivity index (χ0) is 41.6. The molecule has 1 heterocycles. The van der Waals surface area contributed by atoms with Crippen LogP contribution in [0.1, 0.15) is 89.0 Å². The second-order valence-corrected chi connectivity index (χ2v) is 15.0. The quantitative estimate of drug-likeness (QED) is 0.0843. The van der Waals surface area contributed by atoms with E-state index < -0.39 is 79.5 Å². The molecule has 1 saturated heterocycles. The Morgan fingerprint density at radius 2 is 1.14 bits per heavy atom. The molecule has 4 aromatic rings. The van der Waals surface area contributed by atoms with Gasteiger partial charge in [-0.3, -0.25) is 0 Å². The summed E-state index contributed by atoms with van der Waals surface area (Å²) in [6, 6.07) is 34.1. The van der Waals surface area contributed by atoms with Gasteiger partial charge in [-0.15, -0.1) is 0 Å². The van der Waals surface area contributed by atoms with Gasteiger partial charge in [0.25, 0.3) is 0 Å². The van der Waals surface area contributed by atoms with Crippen LogP contribution < -0.4 is 0 Å². The van der Waals surface area contributed by atoms with Crippen LogP contribution in [-0.4, -0.2) is 84.6 Å². The van der Waals surface area contributed by atoms with Gasteiger partial charge in [0, 0.05) is 0 Å². The fourth-order valence-corrected chi connectivity index (χ4v) is 7.16. The van der Waals surface area contributed by atoms with Crippen LogP contribution in [0.15, 0.2) is 121 Å². The van der Waals surface area contributed by atoms with E-state index in [4.69, 9.17) is 33.2 Å². The van der Waals surface area contributed by atoms with Gasteiger partial charge in [0.2, 0.25) is 0 Å². The Hall–Kier alpha value is -5.40. The lowest BCUT2D eigenvalue weighted by Crippen LogP contribution is -2.64. The van der Waals surface area contributed by atoms with Crippen molar-refractivity contribution >= 4 is 23.9 Å². The summed E-state index contributed by atoms with van der Waals surface area (Å²) in [5, 5.41) is 10.6. The summed E-state index contributed by atoms with van der Waals surface area (Å²) in [6.07, 6.45) is -5.16. The van der Waals surface area contributed by atoms with E-state index in [-0.39, 0.29) is 35.6 Å². The molecule has 1 aliphatic heterocycles. The minimum Gasteiger partial charge on any atom is -0.459 e. The van der Waals surface area contributed by atoms with Crippen LogP contribution in [0.3, 0.4) is 0 Å². The number of carbonyl (C=O) groups excluding carboxylic acids is 4. The number of esters is 4. The van der Waals surface area contributed by atoms with Gasteiger partial charge in [-0.25, -0.2) is 19.2 Å². The maximum absolute atomic E-state index is 14.2. The van der Waals surface area contributed by atoms with Crippen molar-refractivity contribution < 1.29 is 57.4 Å². The summed E-state index contributed by atoms with van der Waals surface area (Å²) < 4.78 is 43.6. The molecule has 0 unspecified atom stereocenters. The number of benzene rings is 4. The molecule has 6 rings (SSSR count). The molecular weight excluding hydrogens is 757 g/mol. The van der Waals surface area contributed by atoms with Gasteiger partial charge in [-0.2, -0.15) is 0 Å². The number of carbonyl (C=O) groups is 4. The van der Waals surface area contributed by atoms with Gasteiger partial charge in [0.05, 0.1) is 28.9 Å². The highest BCUT2D eigenvalue weighted by Crippen LogP contribution is 2.35. The minimum absolute atomic E-state index is 0.0213. The minimum atomic E-state index is -1.49. The van der Waals surface area contributed by atoms with Crippen LogP contribution in [0.2, 0.25) is 0 Å². The number of aliphatic hydroxyl groups excluding tert-OH is 1. The van der Waals surface area contributed by atoms with Crippen LogP contribution in [0.5, 0.6) is 0 Å². The van der Waals surface area contributed by atoms with Gasteiger partial charge < -0.3 is 38.3 Å². The van der Waals surface area contributed by atoms with Crippen molar-refractivity contribution in [2.75, 3.05) is 6.61 Å². The van der Waals surface area contributed by atoms with Crippen molar-refractivity contribution in [2.45, 2.75) is 108 Å². The van der Waals surface area contributed by atoms with Gasteiger partial charge in [-0.05, 0) is 68.1 Å². The molecule has 8 atom stereocenters. The summed E-state index contributed by atoms with van der Waals surface area (Å²) in [4.78, 5) is 55.4. The molecule has 12 nitrogen and oxygen atoms in total. The van der Waals surface area contributed by atoms with E-state index in [9.17, 15) is 24.3 Å². The fourth-order valence-electron chi connectivity index (χ4n) is 7.16. The number of aliphatic hydroxyl groups is 1. The zero-order valence-electron chi connectivity index (χ0n) is 33.3. The van der Waals surface area contributed by atoms with E-state index in [0.29, 0.717) is 0 Å². The first-order valence-corrected chi connectivity index (χ1v) is 20.3. The first-order chi connectivity index (χ1) is 28.7. The smallest absolute Gasteiger partial charge is 0.338 e. The van der Waals surface area contributed by atoms with Crippen molar-refractivity contribution in [3.63, 3.8) is 0 Å².